The maximum absolute atomic E-state index is 12.0. The molecule has 0 aliphatic carbocycles. The third-order valence-electron chi connectivity index (χ3n) is 3.22. The van der Waals surface area contributed by atoms with Gasteiger partial charge in [-0.3, -0.25) is 4.79 Å². The van der Waals surface area contributed by atoms with E-state index in [0.29, 0.717) is 18.9 Å². The molecule has 16 heavy (non-hydrogen) atoms. The number of hydrogen-bond donors (Lipinski definition) is 1. The quantitative estimate of drug-likeness (QED) is 0.733. The van der Waals surface area contributed by atoms with Crippen LogP contribution < -0.4 is 5.32 Å². The minimum atomic E-state index is 0.284. The molecule has 1 amide bonds. The molecule has 0 unspecified atom stereocenters. The number of carbonyl (C=O) groups is 1. The first kappa shape index (κ1) is 13.5. The maximum atomic E-state index is 12.0. The minimum absolute atomic E-state index is 0.284. The van der Waals surface area contributed by atoms with Crippen LogP contribution in [-0.2, 0) is 9.53 Å². The van der Waals surface area contributed by atoms with Gasteiger partial charge in [0.25, 0.3) is 0 Å². The Morgan fingerprint density at radius 2 is 2.12 bits per heavy atom. The van der Waals surface area contributed by atoms with Gasteiger partial charge in [-0.1, -0.05) is 0 Å². The second-order valence-corrected chi connectivity index (χ2v) is 4.36. The molecule has 4 heteroatoms. The Morgan fingerprint density at radius 3 is 2.69 bits per heavy atom. The molecule has 1 aliphatic heterocycles. The number of nitrogens with one attached hydrogen (secondary N) is 1. The molecule has 4 nitrogen and oxygen atoms in total. The Hall–Kier alpha value is -0.610. The van der Waals surface area contributed by atoms with E-state index in [4.69, 9.17) is 4.74 Å². The van der Waals surface area contributed by atoms with E-state index in [0.717, 1.165) is 39.0 Å². The summed E-state index contributed by atoms with van der Waals surface area (Å²) in [5.74, 6) is 0.858. The van der Waals surface area contributed by atoms with Crippen molar-refractivity contribution in [2.24, 2.45) is 5.92 Å². The Balaban J connectivity index is 2.29. The molecule has 0 atom stereocenters. The van der Waals surface area contributed by atoms with Gasteiger partial charge in [0.05, 0.1) is 6.61 Å². The third-order valence-corrected chi connectivity index (χ3v) is 3.22. The van der Waals surface area contributed by atoms with Crippen LogP contribution in [0.5, 0.6) is 0 Å². The molecule has 0 bridgehead atoms. The van der Waals surface area contributed by atoms with Crippen LogP contribution in [0.25, 0.3) is 0 Å². The van der Waals surface area contributed by atoms with Crippen LogP contribution in [0.1, 0.15) is 26.2 Å². The van der Waals surface area contributed by atoms with E-state index in [1.807, 2.05) is 11.8 Å². The van der Waals surface area contributed by atoms with Crippen molar-refractivity contribution in [2.75, 3.05) is 39.9 Å². The summed E-state index contributed by atoms with van der Waals surface area (Å²) in [6.45, 7) is 6.27. The molecule has 0 aromatic heterocycles. The van der Waals surface area contributed by atoms with Crippen molar-refractivity contribution in [3.63, 3.8) is 0 Å². The second-order valence-electron chi connectivity index (χ2n) is 4.36. The van der Waals surface area contributed by atoms with Gasteiger partial charge in [0.2, 0.25) is 5.91 Å². The van der Waals surface area contributed by atoms with Gasteiger partial charge in [0, 0.05) is 26.6 Å². The number of nitrogens with zero attached hydrogens (tertiary/aromatic N) is 1. The van der Waals surface area contributed by atoms with Crippen LogP contribution in [0.3, 0.4) is 0 Å². The van der Waals surface area contributed by atoms with Gasteiger partial charge in [0.1, 0.15) is 0 Å². The van der Waals surface area contributed by atoms with E-state index >= 15 is 0 Å². The summed E-state index contributed by atoms with van der Waals surface area (Å²) in [5, 5.41) is 3.32. The molecule has 1 rings (SSSR count). The topological polar surface area (TPSA) is 41.6 Å². The summed E-state index contributed by atoms with van der Waals surface area (Å²) < 4.78 is 5.01. The van der Waals surface area contributed by atoms with Crippen LogP contribution in [-0.4, -0.2) is 50.7 Å². The van der Waals surface area contributed by atoms with Crippen LogP contribution in [0, 0.1) is 5.92 Å². The Kier molecular flexibility index (Phi) is 6.42. The zero-order chi connectivity index (χ0) is 11.8. The molecular weight excluding hydrogens is 204 g/mol. The number of likely N-dealkylation sites (N-methyl/N-ethyl adjacent to an activating group) is 1. The second kappa shape index (κ2) is 7.63. The number of ether oxygens (including phenoxy) is 1. The van der Waals surface area contributed by atoms with E-state index in [1.165, 1.54) is 0 Å². The number of rotatable bonds is 6. The molecule has 1 saturated heterocycles. The molecule has 1 heterocycles. The van der Waals surface area contributed by atoms with Crippen molar-refractivity contribution < 1.29 is 9.53 Å². The van der Waals surface area contributed by atoms with Crippen LogP contribution in [0.4, 0.5) is 0 Å². The van der Waals surface area contributed by atoms with E-state index in [-0.39, 0.29) is 5.91 Å². The highest BCUT2D eigenvalue weighted by atomic mass is 16.5. The average molecular weight is 228 g/mol. The Bertz CT molecular complexity index is 203. The molecule has 0 aromatic rings. The maximum Gasteiger partial charge on any atom is 0.222 e. The lowest BCUT2D eigenvalue weighted by molar-refractivity contribution is -0.132. The smallest absolute Gasteiger partial charge is 0.222 e. The van der Waals surface area contributed by atoms with Crippen LogP contribution in [0.2, 0.25) is 0 Å². The SMILES string of the molecule is CCN(CCOC)C(=O)CC1CCNCC1. The number of carbonyl (C=O) groups excluding carboxylic acids is 1. The summed E-state index contributed by atoms with van der Waals surface area (Å²) in [6, 6.07) is 0. The summed E-state index contributed by atoms with van der Waals surface area (Å²) in [5.41, 5.74) is 0. The van der Waals surface area contributed by atoms with E-state index < -0.39 is 0 Å². The summed E-state index contributed by atoms with van der Waals surface area (Å²) >= 11 is 0. The first-order valence-electron chi connectivity index (χ1n) is 6.25. The van der Waals surface area contributed by atoms with Crippen molar-refractivity contribution in [3.8, 4) is 0 Å². The predicted molar refractivity (Wildman–Crippen MR) is 64.3 cm³/mol. The Morgan fingerprint density at radius 1 is 1.44 bits per heavy atom. The lowest BCUT2D eigenvalue weighted by Gasteiger charge is -2.26. The van der Waals surface area contributed by atoms with Crippen molar-refractivity contribution in [3.05, 3.63) is 0 Å². The van der Waals surface area contributed by atoms with Gasteiger partial charge < -0.3 is 15.0 Å². The fourth-order valence-electron chi connectivity index (χ4n) is 2.12. The van der Waals surface area contributed by atoms with Crippen molar-refractivity contribution >= 4 is 5.91 Å². The number of hydrogen-bond acceptors (Lipinski definition) is 3. The fraction of sp³-hybridized carbons (Fsp3) is 0.917. The van der Waals surface area contributed by atoms with Crippen molar-refractivity contribution in [2.45, 2.75) is 26.2 Å². The number of piperidine rings is 1. The molecule has 0 saturated carbocycles. The first-order chi connectivity index (χ1) is 7.77. The lowest BCUT2D eigenvalue weighted by atomic mass is 9.94. The monoisotopic (exact) mass is 228 g/mol. The first-order valence-corrected chi connectivity index (χ1v) is 6.25. The zero-order valence-electron chi connectivity index (χ0n) is 10.5. The molecular formula is C12H24N2O2. The highest BCUT2D eigenvalue weighted by Crippen LogP contribution is 2.17. The molecule has 94 valence electrons. The van der Waals surface area contributed by atoms with Gasteiger partial charge in [-0.05, 0) is 38.8 Å². The van der Waals surface area contributed by atoms with Crippen molar-refractivity contribution in [1.29, 1.82) is 0 Å². The predicted octanol–water partition coefficient (Wildman–Crippen LogP) is 0.871. The highest BCUT2D eigenvalue weighted by molar-refractivity contribution is 5.76. The molecule has 1 fully saturated rings. The summed E-state index contributed by atoms with van der Waals surface area (Å²) in [7, 11) is 1.67. The van der Waals surface area contributed by atoms with Gasteiger partial charge in [-0.2, -0.15) is 0 Å². The highest BCUT2D eigenvalue weighted by Gasteiger charge is 2.19. The summed E-state index contributed by atoms with van der Waals surface area (Å²) in [4.78, 5) is 13.9. The largest absolute Gasteiger partial charge is 0.383 e. The molecule has 0 radical (unpaired) electrons. The average Bonchev–Trinajstić information content (AvgIpc) is 2.31. The minimum Gasteiger partial charge on any atom is -0.383 e. The molecule has 0 aromatic carbocycles. The van der Waals surface area contributed by atoms with E-state index in [1.54, 1.807) is 7.11 Å². The molecule has 1 N–H and O–H groups in total. The fourth-order valence-corrected chi connectivity index (χ4v) is 2.12. The molecule has 1 aliphatic rings. The van der Waals surface area contributed by atoms with Crippen molar-refractivity contribution in [1.82, 2.24) is 10.2 Å². The van der Waals surface area contributed by atoms with Crippen LogP contribution >= 0.6 is 0 Å². The lowest BCUT2D eigenvalue weighted by Crippen LogP contribution is -2.37. The van der Waals surface area contributed by atoms with Gasteiger partial charge in [0.15, 0.2) is 0 Å². The normalized spacial score (nSPS) is 17.4. The van der Waals surface area contributed by atoms with E-state index in [2.05, 4.69) is 5.32 Å². The Labute approximate surface area is 98.3 Å². The van der Waals surface area contributed by atoms with Gasteiger partial charge >= 0.3 is 0 Å². The summed E-state index contributed by atoms with van der Waals surface area (Å²) in [6.07, 6.45) is 2.97. The van der Waals surface area contributed by atoms with Gasteiger partial charge in [-0.25, -0.2) is 0 Å². The van der Waals surface area contributed by atoms with Crippen LogP contribution in [0.15, 0.2) is 0 Å². The van der Waals surface area contributed by atoms with Gasteiger partial charge in [-0.15, -0.1) is 0 Å². The van der Waals surface area contributed by atoms with E-state index in [9.17, 15) is 4.79 Å². The number of methoxy groups -OCH3 is 1. The molecule has 0 spiro atoms. The zero-order valence-corrected chi connectivity index (χ0v) is 10.5. The number of amides is 1. The standard InChI is InChI=1S/C12H24N2O2/c1-3-14(8-9-16-2)12(15)10-11-4-6-13-7-5-11/h11,13H,3-10H2,1-2H3. The third kappa shape index (κ3) is 4.49.